The molecule has 0 fully saturated rings. The zero-order chi connectivity index (χ0) is 19.2. The van der Waals surface area contributed by atoms with Gasteiger partial charge in [0.2, 0.25) is 0 Å². The van der Waals surface area contributed by atoms with Crippen molar-refractivity contribution in [1.29, 1.82) is 0 Å². The fourth-order valence-electron chi connectivity index (χ4n) is 2.56. The second-order valence-electron chi connectivity index (χ2n) is 5.92. The number of benzene rings is 1. The average molecular weight is 365 g/mol. The molecule has 0 radical (unpaired) electrons. The molecule has 2 rings (SSSR count). The average Bonchev–Trinajstić information content (AvgIpc) is 2.61. The molecule has 1 aromatic heterocycles. The minimum Gasteiger partial charge on any atom is -0.357 e. The molecule has 2 aromatic rings. The van der Waals surface area contributed by atoms with Crippen molar-refractivity contribution in [3.05, 3.63) is 53.7 Å². The molecule has 1 amide bonds. The minimum absolute atomic E-state index is 0.306. The number of anilines is 2. The first kappa shape index (κ1) is 19.8. The minimum atomic E-state index is -4.40. The van der Waals surface area contributed by atoms with Crippen molar-refractivity contribution < 1.29 is 18.0 Å². The monoisotopic (exact) mass is 365 g/mol. The predicted octanol–water partition coefficient (Wildman–Crippen LogP) is 4.98. The third-order valence-corrected chi connectivity index (χ3v) is 3.79. The van der Waals surface area contributed by atoms with Gasteiger partial charge in [-0.15, -0.1) is 0 Å². The Bertz CT molecular complexity index is 724. The number of rotatable bonds is 7. The maximum atomic E-state index is 12.6. The van der Waals surface area contributed by atoms with Crippen molar-refractivity contribution in [3.8, 4) is 0 Å². The zero-order valence-electron chi connectivity index (χ0n) is 14.8. The highest BCUT2D eigenvalue weighted by Gasteiger charge is 2.30. The van der Waals surface area contributed by atoms with Crippen LogP contribution in [0.25, 0.3) is 0 Å². The summed E-state index contributed by atoms with van der Waals surface area (Å²) in [7, 11) is 0. The van der Waals surface area contributed by atoms with Gasteiger partial charge in [-0.3, -0.25) is 4.79 Å². The molecule has 0 aliphatic carbocycles. The molecule has 0 unspecified atom stereocenters. The first-order chi connectivity index (χ1) is 12.3. The lowest BCUT2D eigenvalue weighted by Gasteiger charge is -2.22. The molecule has 140 valence electrons. The van der Waals surface area contributed by atoms with Gasteiger partial charge in [0.05, 0.1) is 5.56 Å². The third kappa shape index (κ3) is 5.21. The van der Waals surface area contributed by atoms with Crippen LogP contribution in [0.4, 0.5) is 24.7 Å². The van der Waals surface area contributed by atoms with E-state index >= 15 is 0 Å². The number of hydrogen-bond acceptors (Lipinski definition) is 3. The van der Waals surface area contributed by atoms with Gasteiger partial charge in [-0.2, -0.15) is 13.2 Å². The Morgan fingerprint density at radius 1 is 1.08 bits per heavy atom. The number of alkyl halides is 3. The van der Waals surface area contributed by atoms with Crippen LogP contribution in [0.15, 0.2) is 42.6 Å². The third-order valence-electron chi connectivity index (χ3n) is 3.79. The summed E-state index contributed by atoms with van der Waals surface area (Å²) in [6.07, 6.45) is -0.910. The predicted molar refractivity (Wildman–Crippen MR) is 96.4 cm³/mol. The Hall–Kier alpha value is -2.57. The Balaban J connectivity index is 2.13. The summed E-state index contributed by atoms with van der Waals surface area (Å²) >= 11 is 0. The van der Waals surface area contributed by atoms with Gasteiger partial charge in [0.25, 0.3) is 5.91 Å². The quantitative estimate of drug-likeness (QED) is 0.753. The van der Waals surface area contributed by atoms with Gasteiger partial charge in [-0.25, -0.2) is 4.98 Å². The number of amides is 1. The van der Waals surface area contributed by atoms with E-state index in [0.717, 1.165) is 38.1 Å². The summed E-state index contributed by atoms with van der Waals surface area (Å²) in [6.45, 7) is 5.82. The number of nitrogens with one attached hydrogen (secondary N) is 1. The fourth-order valence-corrected chi connectivity index (χ4v) is 2.56. The van der Waals surface area contributed by atoms with Crippen LogP contribution < -0.4 is 10.2 Å². The molecule has 1 aromatic carbocycles. The number of aromatic nitrogens is 1. The lowest BCUT2D eigenvalue weighted by atomic mass is 10.2. The van der Waals surface area contributed by atoms with Gasteiger partial charge in [-0.1, -0.05) is 13.8 Å². The lowest BCUT2D eigenvalue weighted by molar-refractivity contribution is -0.137. The number of pyridine rings is 1. The summed E-state index contributed by atoms with van der Waals surface area (Å²) in [5.41, 5.74) is -0.0380. The molecule has 7 heteroatoms. The number of carbonyl (C=O) groups is 1. The number of halogens is 3. The molecule has 4 nitrogen and oxygen atoms in total. The van der Waals surface area contributed by atoms with Crippen molar-refractivity contribution in [2.75, 3.05) is 23.3 Å². The van der Waals surface area contributed by atoms with E-state index in [4.69, 9.17) is 0 Å². The van der Waals surface area contributed by atoms with E-state index in [0.29, 0.717) is 17.1 Å². The summed E-state index contributed by atoms with van der Waals surface area (Å²) in [6, 6.07) is 7.64. The molecular weight excluding hydrogens is 343 g/mol. The van der Waals surface area contributed by atoms with Gasteiger partial charge in [0.1, 0.15) is 5.82 Å². The van der Waals surface area contributed by atoms with Gasteiger partial charge in [-0.05, 0) is 49.2 Å². The van der Waals surface area contributed by atoms with Crippen LogP contribution in [0, 0.1) is 0 Å². The molecule has 0 aliphatic heterocycles. The SMILES string of the molecule is CCCN(CCC)c1cc(C(=O)Nc2ccc(C(F)(F)F)cc2)ccn1. The lowest BCUT2D eigenvalue weighted by Crippen LogP contribution is -2.26. The second-order valence-corrected chi connectivity index (χ2v) is 5.92. The molecule has 26 heavy (non-hydrogen) atoms. The maximum absolute atomic E-state index is 12.6. The van der Waals surface area contributed by atoms with Crippen LogP contribution in [0.3, 0.4) is 0 Å². The topological polar surface area (TPSA) is 45.2 Å². The number of nitrogens with zero attached hydrogens (tertiary/aromatic N) is 2. The maximum Gasteiger partial charge on any atom is 0.416 e. The van der Waals surface area contributed by atoms with E-state index in [9.17, 15) is 18.0 Å². The second kappa shape index (κ2) is 8.69. The fraction of sp³-hybridized carbons (Fsp3) is 0.368. The smallest absolute Gasteiger partial charge is 0.357 e. The molecule has 0 atom stereocenters. The van der Waals surface area contributed by atoms with Crippen LogP contribution in [-0.4, -0.2) is 24.0 Å². The van der Waals surface area contributed by atoms with Crippen molar-refractivity contribution >= 4 is 17.4 Å². The van der Waals surface area contributed by atoms with Crippen molar-refractivity contribution in [3.63, 3.8) is 0 Å². The molecule has 0 saturated carbocycles. The van der Waals surface area contributed by atoms with E-state index in [1.807, 2.05) is 0 Å². The van der Waals surface area contributed by atoms with E-state index in [1.165, 1.54) is 12.1 Å². The first-order valence-corrected chi connectivity index (χ1v) is 8.54. The summed E-state index contributed by atoms with van der Waals surface area (Å²) in [4.78, 5) is 18.8. The summed E-state index contributed by atoms with van der Waals surface area (Å²) < 4.78 is 37.8. The Morgan fingerprint density at radius 2 is 1.69 bits per heavy atom. The molecule has 0 spiro atoms. The van der Waals surface area contributed by atoms with E-state index in [1.54, 1.807) is 18.3 Å². The molecule has 1 N–H and O–H groups in total. The van der Waals surface area contributed by atoms with Gasteiger partial charge >= 0.3 is 6.18 Å². The Kier molecular flexibility index (Phi) is 6.60. The Labute approximate surface area is 151 Å². The van der Waals surface area contributed by atoms with Crippen LogP contribution in [0.2, 0.25) is 0 Å². The zero-order valence-corrected chi connectivity index (χ0v) is 14.8. The first-order valence-electron chi connectivity index (χ1n) is 8.54. The van der Waals surface area contributed by atoms with E-state index < -0.39 is 11.7 Å². The molecule has 0 bridgehead atoms. The largest absolute Gasteiger partial charge is 0.416 e. The van der Waals surface area contributed by atoms with Crippen molar-refractivity contribution in [2.45, 2.75) is 32.9 Å². The summed E-state index contributed by atoms with van der Waals surface area (Å²) in [5.74, 6) is 0.329. The standard InChI is InChI=1S/C19H22F3N3O/c1-3-11-25(12-4-2)17-13-14(9-10-23-17)18(26)24-16-7-5-15(6-8-16)19(20,21)22/h5-10,13H,3-4,11-12H2,1-2H3,(H,24,26). The number of hydrogen-bond donors (Lipinski definition) is 1. The van der Waals surface area contributed by atoms with Gasteiger partial charge in [0.15, 0.2) is 0 Å². The van der Waals surface area contributed by atoms with Crippen LogP contribution in [0.5, 0.6) is 0 Å². The van der Waals surface area contributed by atoms with Crippen molar-refractivity contribution in [1.82, 2.24) is 4.98 Å². The van der Waals surface area contributed by atoms with Gasteiger partial charge < -0.3 is 10.2 Å². The van der Waals surface area contributed by atoms with Crippen LogP contribution in [-0.2, 0) is 6.18 Å². The highest BCUT2D eigenvalue weighted by atomic mass is 19.4. The van der Waals surface area contributed by atoms with E-state index in [-0.39, 0.29) is 5.91 Å². The molecule has 1 heterocycles. The summed E-state index contributed by atoms with van der Waals surface area (Å²) in [5, 5.41) is 2.61. The Morgan fingerprint density at radius 3 is 2.23 bits per heavy atom. The molecule has 0 aliphatic rings. The normalized spacial score (nSPS) is 11.3. The highest BCUT2D eigenvalue weighted by molar-refractivity contribution is 6.04. The van der Waals surface area contributed by atoms with E-state index in [2.05, 4.69) is 29.0 Å². The van der Waals surface area contributed by atoms with Crippen LogP contribution >= 0.6 is 0 Å². The number of carbonyl (C=O) groups excluding carboxylic acids is 1. The van der Waals surface area contributed by atoms with Gasteiger partial charge in [0, 0.05) is 30.5 Å². The molecular formula is C19H22F3N3O. The van der Waals surface area contributed by atoms with Crippen molar-refractivity contribution in [2.24, 2.45) is 0 Å². The molecule has 0 saturated heterocycles. The van der Waals surface area contributed by atoms with Crippen LogP contribution in [0.1, 0.15) is 42.6 Å². The highest BCUT2D eigenvalue weighted by Crippen LogP contribution is 2.29.